The molecule has 3 aliphatic carbocycles. The average molecular weight is 242 g/mol. The molecule has 0 heterocycles. The molecule has 2 saturated carbocycles. The van der Waals surface area contributed by atoms with Crippen LogP contribution in [0.15, 0.2) is 24.3 Å². The van der Waals surface area contributed by atoms with Crippen molar-refractivity contribution in [3.05, 3.63) is 35.4 Å². The van der Waals surface area contributed by atoms with Crippen LogP contribution in [0.5, 0.6) is 0 Å². The van der Waals surface area contributed by atoms with Gasteiger partial charge in [0.1, 0.15) is 0 Å². The van der Waals surface area contributed by atoms with E-state index in [0.29, 0.717) is 0 Å². The normalized spacial score (nSPS) is 27.4. The van der Waals surface area contributed by atoms with E-state index in [4.69, 9.17) is 0 Å². The van der Waals surface area contributed by atoms with Crippen molar-refractivity contribution < 1.29 is 5.11 Å². The predicted octanol–water partition coefficient (Wildman–Crippen LogP) is 3.68. The van der Waals surface area contributed by atoms with Crippen molar-refractivity contribution in [2.45, 2.75) is 68.3 Å². The van der Waals surface area contributed by atoms with Crippen molar-refractivity contribution in [2.24, 2.45) is 0 Å². The van der Waals surface area contributed by atoms with E-state index < -0.39 is 5.60 Å². The molecule has 4 rings (SSSR count). The topological polar surface area (TPSA) is 20.2 Å². The Hall–Kier alpha value is -0.820. The molecule has 0 atom stereocenters. The SMILES string of the molecule is CCCCC1(O)C2(CC2)c2ccccc2C12CC2. The summed E-state index contributed by atoms with van der Waals surface area (Å²) in [6.45, 7) is 2.23. The first-order valence-electron chi connectivity index (χ1n) is 7.53. The highest BCUT2D eigenvalue weighted by Crippen LogP contribution is 2.76. The van der Waals surface area contributed by atoms with E-state index in [1.54, 1.807) is 0 Å². The average Bonchev–Trinajstić information content (AvgIpc) is 3.28. The molecular weight excluding hydrogens is 220 g/mol. The Kier molecular flexibility index (Phi) is 1.96. The number of hydrogen-bond acceptors (Lipinski definition) is 1. The highest BCUT2D eigenvalue weighted by Gasteiger charge is 2.77. The van der Waals surface area contributed by atoms with Crippen LogP contribution in [0, 0.1) is 0 Å². The number of unbranched alkanes of at least 4 members (excludes halogenated alkanes) is 1. The first-order valence-corrected chi connectivity index (χ1v) is 7.53. The largest absolute Gasteiger partial charge is 0.388 e. The van der Waals surface area contributed by atoms with Crippen LogP contribution < -0.4 is 0 Å². The van der Waals surface area contributed by atoms with Gasteiger partial charge in [-0.05, 0) is 43.2 Å². The van der Waals surface area contributed by atoms with E-state index in [2.05, 4.69) is 31.2 Å². The molecular formula is C17H22O. The second-order valence-electron chi connectivity index (χ2n) is 6.67. The summed E-state index contributed by atoms with van der Waals surface area (Å²) in [7, 11) is 0. The van der Waals surface area contributed by atoms with Gasteiger partial charge in [0.2, 0.25) is 0 Å². The Bertz CT molecular complexity index is 455. The number of rotatable bonds is 3. The summed E-state index contributed by atoms with van der Waals surface area (Å²) >= 11 is 0. The number of aliphatic hydroxyl groups is 1. The summed E-state index contributed by atoms with van der Waals surface area (Å²) in [5.41, 5.74) is 2.81. The van der Waals surface area contributed by atoms with Gasteiger partial charge < -0.3 is 5.11 Å². The molecule has 0 saturated heterocycles. The van der Waals surface area contributed by atoms with Gasteiger partial charge in [-0.25, -0.2) is 0 Å². The van der Waals surface area contributed by atoms with Gasteiger partial charge in [-0.2, -0.15) is 0 Å². The Morgan fingerprint density at radius 1 is 1.00 bits per heavy atom. The van der Waals surface area contributed by atoms with E-state index in [1.165, 1.54) is 43.2 Å². The molecule has 1 N–H and O–H groups in total. The molecule has 1 aromatic carbocycles. The summed E-state index contributed by atoms with van der Waals surface area (Å²) in [6, 6.07) is 8.87. The minimum atomic E-state index is -0.431. The summed E-state index contributed by atoms with van der Waals surface area (Å²) in [5.74, 6) is 0. The van der Waals surface area contributed by atoms with Gasteiger partial charge in [0.05, 0.1) is 5.60 Å². The Morgan fingerprint density at radius 2 is 1.50 bits per heavy atom. The van der Waals surface area contributed by atoms with Gasteiger partial charge in [-0.3, -0.25) is 0 Å². The Morgan fingerprint density at radius 3 is 1.89 bits per heavy atom. The van der Waals surface area contributed by atoms with Crippen molar-refractivity contribution in [1.29, 1.82) is 0 Å². The molecule has 0 unspecified atom stereocenters. The number of benzene rings is 1. The second kappa shape index (κ2) is 3.19. The third kappa shape index (κ3) is 1.00. The van der Waals surface area contributed by atoms with E-state index in [9.17, 15) is 5.11 Å². The molecule has 0 aliphatic heterocycles. The van der Waals surface area contributed by atoms with Crippen molar-refractivity contribution >= 4 is 0 Å². The minimum Gasteiger partial charge on any atom is -0.388 e. The molecule has 2 spiro atoms. The molecule has 0 aromatic heterocycles. The van der Waals surface area contributed by atoms with Crippen molar-refractivity contribution in [3.63, 3.8) is 0 Å². The minimum absolute atomic E-state index is 0.134. The quantitative estimate of drug-likeness (QED) is 0.857. The van der Waals surface area contributed by atoms with Crippen LogP contribution in [0.4, 0.5) is 0 Å². The maximum absolute atomic E-state index is 11.5. The van der Waals surface area contributed by atoms with Crippen molar-refractivity contribution in [2.75, 3.05) is 0 Å². The molecule has 0 bridgehead atoms. The zero-order valence-corrected chi connectivity index (χ0v) is 11.2. The monoisotopic (exact) mass is 242 g/mol. The van der Waals surface area contributed by atoms with Gasteiger partial charge in [0.15, 0.2) is 0 Å². The van der Waals surface area contributed by atoms with E-state index in [-0.39, 0.29) is 10.8 Å². The fourth-order valence-corrected chi connectivity index (χ4v) is 4.75. The van der Waals surface area contributed by atoms with Crippen LogP contribution in [0.1, 0.15) is 63.0 Å². The van der Waals surface area contributed by atoms with Crippen LogP contribution in [0.3, 0.4) is 0 Å². The van der Waals surface area contributed by atoms with Gasteiger partial charge in [-0.15, -0.1) is 0 Å². The first-order chi connectivity index (χ1) is 8.70. The second-order valence-corrected chi connectivity index (χ2v) is 6.67. The van der Waals surface area contributed by atoms with Gasteiger partial charge >= 0.3 is 0 Å². The third-order valence-corrected chi connectivity index (χ3v) is 5.93. The van der Waals surface area contributed by atoms with Crippen LogP contribution in [0.25, 0.3) is 0 Å². The zero-order chi connectivity index (χ0) is 12.4. The molecule has 1 heteroatoms. The Balaban J connectivity index is 1.87. The molecule has 0 radical (unpaired) electrons. The van der Waals surface area contributed by atoms with Crippen LogP contribution >= 0.6 is 0 Å². The molecule has 18 heavy (non-hydrogen) atoms. The van der Waals surface area contributed by atoms with Crippen LogP contribution in [-0.2, 0) is 10.8 Å². The summed E-state index contributed by atoms with van der Waals surface area (Å²) in [6.07, 6.45) is 8.15. The lowest BCUT2D eigenvalue weighted by atomic mass is 9.73. The Labute approximate surface area is 109 Å². The molecule has 3 aliphatic rings. The zero-order valence-electron chi connectivity index (χ0n) is 11.2. The lowest BCUT2D eigenvalue weighted by molar-refractivity contribution is -0.0318. The summed E-state index contributed by atoms with van der Waals surface area (Å²) < 4.78 is 0. The fourth-order valence-electron chi connectivity index (χ4n) is 4.75. The fraction of sp³-hybridized carbons (Fsp3) is 0.647. The third-order valence-electron chi connectivity index (χ3n) is 5.93. The first kappa shape index (κ1) is 11.0. The predicted molar refractivity (Wildman–Crippen MR) is 72.7 cm³/mol. The van der Waals surface area contributed by atoms with Crippen LogP contribution in [0.2, 0.25) is 0 Å². The van der Waals surface area contributed by atoms with Crippen molar-refractivity contribution in [3.8, 4) is 0 Å². The highest BCUT2D eigenvalue weighted by molar-refractivity contribution is 5.58. The smallest absolute Gasteiger partial charge is 0.0840 e. The molecule has 1 aromatic rings. The standard InChI is InChI=1S/C17H22O/c1-2-3-8-17(18)15(9-10-15)13-6-4-5-7-14(13)16(17)11-12-16/h4-7,18H,2-3,8-12H2,1H3. The van der Waals surface area contributed by atoms with Crippen molar-refractivity contribution in [1.82, 2.24) is 0 Å². The van der Waals surface area contributed by atoms with E-state index in [1.807, 2.05) is 0 Å². The maximum atomic E-state index is 11.5. The lowest BCUT2D eigenvalue weighted by Crippen LogP contribution is -2.46. The summed E-state index contributed by atoms with van der Waals surface area (Å²) in [4.78, 5) is 0. The molecule has 1 nitrogen and oxygen atoms in total. The lowest BCUT2D eigenvalue weighted by Gasteiger charge is -2.37. The van der Waals surface area contributed by atoms with E-state index in [0.717, 1.165) is 12.8 Å². The summed E-state index contributed by atoms with van der Waals surface area (Å²) in [5, 5.41) is 11.5. The number of hydrogen-bond donors (Lipinski definition) is 1. The molecule has 2 fully saturated rings. The maximum Gasteiger partial charge on any atom is 0.0840 e. The van der Waals surface area contributed by atoms with Gasteiger partial charge in [0.25, 0.3) is 0 Å². The molecule has 0 amide bonds. The number of fused-ring (bicyclic) bond motifs is 3. The molecule has 96 valence electrons. The van der Waals surface area contributed by atoms with Gasteiger partial charge in [-0.1, -0.05) is 44.0 Å². The van der Waals surface area contributed by atoms with Gasteiger partial charge in [0, 0.05) is 10.8 Å². The highest BCUT2D eigenvalue weighted by atomic mass is 16.3. The van der Waals surface area contributed by atoms with Crippen LogP contribution in [-0.4, -0.2) is 10.7 Å². The van der Waals surface area contributed by atoms with E-state index >= 15 is 0 Å².